The minimum atomic E-state index is -3.60. The Balaban J connectivity index is 1.73. The van der Waals surface area contributed by atoms with E-state index in [0.29, 0.717) is 12.1 Å². The molecule has 0 saturated carbocycles. The first-order valence-electron chi connectivity index (χ1n) is 7.25. The second-order valence-corrected chi connectivity index (χ2v) is 7.95. The lowest BCUT2D eigenvalue weighted by atomic mass is 10.2. The van der Waals surface area contributed by atoms with Crippen molar-refractivity contribution in [3.63, 3.8) is 0 Å². The number of carbonyl (C=O) groups is 1. The number of amidine groups is 1. The molecule has 1 aliphatic heterocycles. The maximum atomic E-state index is 12.2. The van der Waals surface area contributed by atoms with Crippen LogP contribution in [0.3, 0.4) is 0 Å². The Morgan fingerprint density at radius 3 is 2.88 bits per heavy atom. The van der Waals surface area contributed by atoms with Crippen molar-refractivity contribution < 1.29 is 13.2 Å². The fourth-order valence-electron chi connectivity index (χ4n) is 2.28. The summed E-state index contributed by atoms with van der Waals surface area (Å²) in [7, 11) is -3.60. The van der Waals surface area contributed by atoms with Crippen molar-refractivity contribution in [1.82, 2.24) is 15.0 Å². The lowest BCUT2D eigenvalue weighted by Crippen LogP contribution is -2.33. The number of aliphatic imine (C=N–C) groups is 1. The van der Waals surface area contributed by atoms with Crippen LogP contribution >= 0.6 is 11.3 Å². The summed E-state index contributed by atoms with van der Waals surface area (Å²) in [6.07, 6.45) is 0. The van der Waals surface area contributed by atoms with E-state index >= 15 is 0 Å². The fourth-order valence-corrected chi connectivity index (χ4v) is 4.23. The lowest BCUT2D eigenvalue weighted by Gasteiger charge is -2.08. The molecular weight excluding hydrogens is 348 g/mol. The average molecular weight is 364 g/mol. The topological polar surface area (TPSA) is 101 Å². The molecule has 0 aliphatic carbocycles. The number of benzene rings is 1. The number of hydrogen-bond acceptors (Lipinski definition) is 6. The van der Waals surface area contributed by atoms with Gasteiger partial charge in [-0.2, -0.15) is 0 Å². The summed E-state index contributed by atoms with van der Waals surface area (Å²) in [5.74, 6) is -0.0997. The van der Waals surface area contributed by atoms with Crippen molar-refractivity contribution in [2.24, 2.45) is 4.99 Å². The van der Waals surface area contributed by atoms with E-state index in [1.807, 2.05) is 12.3 Å². The maximum absolute atomic E-state index is 12.2. The van der Waals surface area contributed by atoms with E-state index in [1.54, 1.807) is 25.1 Å². The number of hydrogen-bond donors (Lipinski definition) is 2. The summed E-state index contributed by atoms with van der Waals surface area (Å²) in [5, 5.41) is 5.48. The Bertz CT molecular complexity index is 918. The van der Waals surface area contributed by atoms with Crippen LogP contribution in [-0.2, 0) is 21.4 Å². The molecule has 126 valence electrons. The summed E-state index contributed by atoms with van der Waals surface area (Å²) >= 11 is 1.47. The molecule has 7 nitrogen and oxygen atoms in total. The number of aromatic nitrogens is 1. The zero-order valence-electron chi connectivity index (χ0n) is 13.1. The number of sulfonamides is 1. The molecule has 3 rings (SSSR count). The Hall–Kier alpha value is -2.26. The molecule has 1 aliphatic rings. The minimum absolute atomic E-state index is 0.176. The molecule has 0 radical (unpaired) electrons. The van der Waals surface area contributed by atoms with E-state index in [9.17, 15) is 13.2 Å². The zero-order valence-corrected chi connectivity index (χ0v) is 14.7. The summed E-state index contributed by atoms with van der Waals surface area (Å²) in [6.45, 7) is 3.83. The summed E-state index contributed by atoms with van der Waals surface area (Å²) < 4.78 is 26.4. The first-order chi connectivity index (χ1) is 11.4. The van der Waals surface area contributed by atoms with Crippen LogP contribution in [0, 0.1) is 6.92 Å². The second-order valence-electron chi connectivity index (χ2n) is 5.36. The van der Waals surface area contributed by atoms with E-state index in [4.69, 9.17) is 0 Å². The highest BCUT2D eigenvalue weighted by Gasteiger charge is 2.31. The largest absolute Gasteiger partial charge is 0.348 e. The van der Waals surface area contributed by atoms with Gasteiger partial charge in [0.15, 0.2) is 0 Å². The van der Waals surface area contributed by atoms with Gasteiger partial charge >= 0.3 is 0 Å². The van der Waals surface area contributed by atoms with E-state index in [2.05, 4.69) is 20.0 Å². The zero-order chi connectivity index (χ0) is 17.3. The van der Waals surface area contributed by atoms with Gasteiger partial charge in [0.25, 0.3) is 10.0 Å². The van der Waals surface area contributed by atoms with E-state index in [-0.39, 0.29) is 16.6 Å². The Labute approximate surface area is 143 Å². The van der Waals surface area contributed by atoms with Crippen LogP contribution in [0.25, 0.3) is 0 Å². The number of aryl methyl sites for hydroxylation is 1. The molecule has 2 aromatic rings. The molecule has 1 aromatic heterocycles. The van der Waals surface area contributed by atoms with Gasteiger partial charge in [0.2, 0.25) is 5.91 Å². The second kappa shape index (κ2) is 6.33. The third-order valence-electron chi connectivity index (χ3n) is 3.45. The number of fused-ring (bicyclic) bond motifs is 1. The van der Waals surface area contributed by atoms with Crippen LogP contribution in [0.15, 0.2) is 39.5 Å². The maximum Gasteiger partial charge on any atom is 0.263 e. The molecule has 0 saturated heterocycles. The first-order valence-corrected chi connectivity index (χ1v) is 9.62. The first kappa shape index (κ1) is 16.6. The van der Waals surface area contributed by atoms with Crippen molar-refractivity contribution in [3.05, 3.63) is 45.9 Å². The SMILES string of the molecule is Cc1csc(CNC(=O)[C@H](C)N=C2NS(=O)(=O)c3ccccc32)n1. The molecule has 0 fully saturated rings. The number of amides is 1. The quantitative estimate of drug-likeness (QED) is 0.851. The highest BCUT2D eigenvalue weighted by atomic mass is 32.2. The molecule has 1 aromatic carbocycles. The minimum Gasteiger partial charge on any atom is -0.348 e. The molecule has 0 bridgehead atoms. The smallest absolute Gasteiger partial charge is 0.263 e. The Morgan fingerprint density at radius 1 is 1.42 bits per heavy atom. The number of carbonyl (C=O) groups excluding carboxylic acids is 1. The van der Waals surface area contributed by atoms with Gasteiger partial charge in [-0.1, -0.05) is 12.1 Å². The van der Waals surface area contributed by atoms with Crippen LogP contribution in [0.5, 0.6) is 0 Å². The van der Waals surface area contributed by atoms with Gasteiger partial charge in [-0.3, -0.25) is 14.5 Å². The number of nitrogens with zero attached hydrogens (tertiary/aromatic N) is 2. The predicted molar refractivity (Wildman–Crippen MR) is 91.5 cm³/mol. The van der Waals surface area contributed by atoms with Gasteiger partial charge in [0.05, 0.1) is 11.4 Å². The van der Waals surface area contributed by atoms with E-state index in [0.717, 1.165) is 10.7 Å². The normalized spacial score (nSPS) is 18.0. The van der Waals surface area contributed by atoms with E-state index in [1.165, 1.54) is 17.4 Å². The van der Waals surface area contributed by atoms with Crippen LogP contribution in [0.1, 0.15) is 23.2 Å². The molecular formula is C15H16N4O3S2. The van der Waals surface area contributed by atoms with Gasteiger partial charge in [0, 0.05) is 16.6 Å². The van der Waals surface area contributed by atoms with Crippen molar-refractivity contribution in [1.29, 1.82) is 0 Å². The monoisotopic (exact) mass is 364 g/mol. The van der Waals surface area contributed by atoms with Gasteiger partial charge in [0.1, 0.15) is 16.9 Å². The number of nitrogens with one attached hydrogen (secondary N) is 2. The van der Waals surface area contributed by atoms with Crippen molar-refractivity contribution in [2.45, 2.75) is 31.3 Å². The molecule has 0 spiro atoms. The Morgan fingerprint density at radius 2 is 2.17 bits per heavy atom. The molecule has 9 heteroatoms. The van der Waals surface area contributed by atoms with Gasteiger partial charge in [-0.15, -0.1) is 11.3 Å². The third kappa shape index (κ3) is 3.31. The third-order valence-corrected chi connectivity index (χ3v) is 5.81. The highest BCUT2D eigenvalue weighted by molar-refractivity contribution is 7.90. The highest BCUT2D eigenvalue weighted by Crippen LogP contribution is 2.22. The molecule has 2 N–H and O–H groups in total. The van der Waals surface area contributed by atoms with Crippen LogP contribution < -0.4 is 10.0 Å². The summed E-state index contributed by atoms with van der Waals surface area (Å²) in [5.41, 5.74) is 1.39. The standard InChI is InChI=1S/C15H16N4O3S2/c1-9-8-23-13(17-9)7-16-15(20)10(2)18-14-11-5-3-4-6-12(11)24(21,22)19-14/h3-6,8,10H,7H2,1-2H3,(H,16,20)(H,18,19)/t10-/m0/s1. The van der Waals surface area contributed by atoms with Crippen LogP contribution in [0.4, 0.5) is 0 Å². The van der Waals surface area contributed by atoms with Gasteiger partial charge in [-0.05, 0) is 26.0 Å². The van der Waals surface area contributed by atoms with Crippen molar-refractivity contribution >= 4 is 33.1 Å². The summed E-state index contributed by atoms with van der Waals surface area (Å²) in [6, 6.07) is 5.82. The molecule has 1 amide bonds. The summed E-state index contributed by atoms with van der Waals surface area (Å²) in [4.78, 5) is 20.8. The van der Waals surface area contributed by atoms with Gasteiger partial charge < -0.3 is 5.32 Å². The number of thiazole rings is 1. The predicted octanol–water partition coefficient (Wildman–Crippen LogP) is 1.19. The van der Waals surface area contributed by atoms with Crippen molar-refractivity contribution in [3.8, 4) is 0 Å². The molecule has 1 atom stereocenters. The van der Waals surface area contributed by atoms with Crippen LogP contribution in [-0.4, -0.2) is 31.2 Å². The van der Waals surface area contributed by atoms with Crippen LogP contribution in [0.2, 0.25) is 0 Å². The molecule has 24 heavy (non-hydrogen) atoms. The van der Waals surface area contributed by atoms with E-state index < -0.39 is 16.1 Å². The molecule has 2 heterocycles. The average Bonchev–Trinajstić information content (AvgIpc) is 3.07. The Kier molecular flexibility index (Phi) is 4.37. The lowest BCUT2D eigenvalue weighted by molar-refractivity contribution is -0.122. The fraction of sp³-hybridized carbons (Fsp3) is 0.267. The van der Waals surface area contributed by atoms with Gasteiger partial charge in [-0.25, -0.2) is 13.4 Å². The van der Waals surface area contributed by atoms with Crippen molar-refractivity contribution in [2.75, 3.05) is 0 Å². The molecule has 0 unspecified atom stereocenters. The number of rotatable bonds is 4.